The summed E-state index contributed by atoms with van der Waals surface area (Å²) in [6.45, 7) is 2.56. The maximum absolute atomic E-state index is 6.09. The smallest absolute Gasteiger partial charge is 0.213 e. The number of aromatic nitrogens is 1. The van der Waals surface area contributed by atoms with Crippen molar-refractivity contribution in [3.8, 4) is 5.88 Å². The molecule has 2 aromatic heterocycles. The number of ether oxygens (including phenoxy) is 2. The van der Waals surface area contributed by atoms with Gasteiger partial charge in [-0.2, -0.15) is 0 Å². The Morgan fingerprint density at radius 3 is 3.14 bits per heavy atom. The summed E-state index contributed by atoms with van der Waals surface area (Å²) in [7, 11) is 0. The minimum atomic E-state index is 0.0344. The van der Waals surface area contributed by atoms with E-state index in [1.54, 1.807) is 12.5 Å². The summed E-state index contributed by atoms with van der Waals surface area (Å²) >= 11 is 0. The molecule has 2 aromatic rings. The maximum Gasteiger partial charge on any atom is 0.213 e. The SMILES string of the molecule is c1ccc(O[C@@H]2CN(Cc3ccoc3)[C@@H]3CCCO[C@@H]32)nc1. The lowest BCUT2D eigenvalue weighted by Gasteiger charge is -2.31. The fourth-order valence-electron chi connectivity index (χ4n) is 3.48. The van der Waals surface area contributed by atoms with Crippen molar-refractivity contribution < 1.29 is 13.9 Å². The van der Waals surface area contributed by atoms with Crippen molar-refractivity contribution in [3.05, 3.63) is 48.6 Å². The highest BCUT2D eigenvalue weighted by Gasteiger charge is 2.45. The zero-order chi connectivity index (χ0) is 14.8. The van der Waals surface area contributed by atoms with Gasteiger partial charge >= 0.3 is 0 Å². The van der Waals surface area contributed by atoms with Crippen LogP contribution < -0.4 is 4.74 Å². The second kappa shape index (κ2) is 6.10. The molecule has 4 rings (SSSR count). The first-order valence-corrected chi connectivity index (χ1v) is 7.84. The van der Waals surface area contributed by atoms with Gasteiger partial charge in [0.25, 0.3) is 0 Å². The summed E-state index contributed by atoms with van der Waals surface area (Å²) in [5, 5.41) is 0. The molecule has 0 aromatic carbocycles. The minimum Gasteiger partial charge on any atom is -0.472 e. The van der Waals surface area contributed by atoms with E-state index < -0.39 is 0 Å². The standard InChI is InChI=1S/C17H20N2O3/c1-2-7-18-16(5-1)22-15-11-19(10-13-6-9-20-12-13)14-4-3-8-21-17(14)15/h1-2,5-7,9,12,14-15,17H,3-4,8,10-11H2/t14-,15-,17+/m1/s1. The van der Waals surface area contributed by atoms with E-state index in [4.69, 9.17) is 13.9 Å². The quantitative estimate of drug-likeness (QED) is 0.868. The lowest BCUT2D eigenvalue weighted by molar-refractivity contribution is -0.0479. The van der Waals surface area contributed by atoms with Gasteiger partial charge in [-0.1, -0.05) is 6.07 Å². The maximum atomic E-state index is 6.09. The summed E-state index contributed by atoms with van der Waals surface area (Å²) in [5.41, 5.74) is 1.20. The van der Waals surface area contributed by atoms with Crippen LogP contribution >= 0.6 is 0 Å². The molecule has 2 aliphatic heterocycles. The molecule has 0 saturated carbocycles. The number of hydrogen-bond donors (Lipinski definition) is 0. The van der Waals surface area contributed by atoms with Gasteiger partial charge in [0.05, 0.1) is 12.5 Å². The number of rotatable bonds is 4. The Kier molecular flexibility index (Phi) is 3.83. The molecule has 0 amide bonds. The third-order valence-electron chi connectivity index (χ3n) is 4.46. The second-order valence-corrected chi connectivity index (χ2v) is 5.93. The molecule has 2 aliphatic rings. The van der Waals surface area contributed by atoms with E-state index in [0.717, 1.165) is 32.5 Å². The fraction of sp³-hybridized carbons (Fsp3) is 0.471. The summed E-state index contributed by atoms with van der Waals surface area (Å²) in [6.07, 6.45) is 7.72. The number of fused-ring (bicyclic) bond motifs is 1. The molecule has 2 fully saturated rings. The predicted molar refractivity (Wildman–Crippen MR) is 80.5 cm³/mol. The third-order valence-corrected chi connectivity index (χ3v) is 4.46. The van der Waals surface area contributed by atoms with Crippen LogP contribution in [0.15, 0.2) is 47.4 Å². The van der Waals surface area contributed by atoms with Crippen LogP contribution in [0.2, 0.25) is 0 Å². The van der Waals surface area contributed by atoms with Gasteiger partial charge in [0.1, 0.15) is 12.2 Å². The first-order chi connectivity index (χ1) is 10.9. The van der Waals surface area contributed by atoms with Crippen molar-refractivity contribution in [1.29, 1.82) is 0 Å². The van der Waals surface area contributed by atoms with Gasteiger partial charge in [0.15, 0.2) is 0 Å². The Balaban J connectivity index is 1.50. The first-order valence-electron chi connectivity index (χ1n) is 7.84. The van der Waals surface area contributed by atoms with Crippen LogP contribution in [0.25, 0.3) is 0 Å². The van der Waals surface area contributed by atoms with Crippen molar-refractivity contribution in [2.45, 2.75) is 37.6 Å². The Morgan fingerprint density at radius 2 is 2.32 bits per heavy atom. The molecule has 0 radical (unpaired) electrons. The Labute approximate surface area is 129 Å². The Hall–Kier alpha value is -1.85. The van der Waals surface area contributed by atoms with Crippen LogP contribution in [0.1, 0.15) is 18.4 Å². The molecule has 5 heteroatoms. The molecule has 0 bridgehead atoms. The van der Waals surface area contributed by atoms with E-state index in [1.165, 1.54) is 5.56 Å². The van der Waals surface area contributed by atoms with Gasteiger partial charge < -0.3 is 13.9 Å². The van der Waals surface area contributed by atoms with Crippen molar-refractivity contribution in [2.24, 2.45) is 0 Å². The minimum absolute atomic E-state index is 0.0344. The van der Waals surface area contributed by atoms with Gasteiger partial charge in [-0.05, 0) is 25.0 Å². The average Bonchev–Trinajstić information content (AvgIpc) is 3.18. The molecule has 0 spiro atoms. The summed E-state index contributed by atoms with van der Waals surface area (Å²) in [4.78, 5) is 6.72. The fourth-order valence-corrected chi connectivity index (χ4v) is 3.48. The molecule has 116 valence electrons. The van der Waals surface area contributed by atoms with Crippen LogP contribution in [0.4, 0.5) is 0 Å². The van der Waals surface area contributed by atoms with Crippen LogP contribution in [0, 0.1) is 0 Å². The van der Waals surface area contributed by atoms with Crippen LogP contribution in [-0.4, -0.2) is 41.3 Å². The Morgan fingerprint density at radius 1 is 1.32 bits per heavy atom. The largest absolute Gasteiger partial charge is 0.472 e. The summed E-state index contributed by atoms with van der Waals surface area (Å²) in [5.74, 6) is 0.672. The van der Waals surface area contributed by atoms with E-state index in [9.17, 15) is 0 Å². The molecule has 22 heavy (non-hydrogen) atoms. The highest BCUT2D eigenvalue weighted by Crippen LogP contribution is 2.32. The van der Waals surface area contributed by atoms with E-state index >= 15 is 0 Å². The van der Waals surface area contributed by atoms with Gasteiger partial charge in [-0.3, -0.25) is 4.90 Å². The zero-order valence-electron chi connectivity index (χ0n) is 12.4. The highest BCUT2D eigenvalue weighted by atomic mass is 16.5. The van der Waals surface area contributed by atoms with Gasteiger partial charge in [-0.15, -0.1) is 0 Å². The molecule has 0 N–H and O–H groups in total. The van der Waals surface area contributed by atoms with E-state index in [1.807, 2.05) is 30.5 Å². The first kappa shape index (κ1) is 13.8. The number of pyridine rings is 1. The predicted octanol–water partition coefficient (Wildman–Crippen LogP) is 2.49. The lowest BCUT2D eigenvalue weighted by atomic mass is 10.0. The van der Waals surface area contributed by atoms with Crippen molar-refractivity contribution in [1.82, 2.24) is 9.88 Å². The molecule has 0 unspecified atom stereocenters. The number of furan rings is 1. The number of nitrogens with zero attached hydrogens (tertiary/aromatic N) is 2. The topological polar surface area (TPSA) is 47.7 Å². The van der Waals surface area contributed by atoms with Gasteiger partial charge in [-0.25, -0.2) is 4.98 Å². The lowest BCUT2D eigenvalue weighted by Crippen LogP contribution is -2.42. The summed E-state index contributed by atoms with van der Waals surface area (Å²) in [6, 6.07) is 8.17. The molecular weight excluding hydrogens is 280 g/mol. The van der Waals surface area contributed by atoms with Crippen LogP contribution in [-0.2, 0) is 11.3 Å². The molecule has 5 nitrogen and oxygen atoms in total. The highest BCUT2D eigenvalue weighted by molar-refractivity contribution is 5.13. The van der Waals surface area contributed by atoms with Crippen LogP contribution in [0.5, 0.6) is 5.88 Å². The monoisotopic (exact) mass is 300 g/mol. The van der Waals surface area contributed by atoms with E-state index in [2.05, 4.69) is 9.88 Å². The molecule has 3 atom stereocenters. The molecular formula is C17H20N2O3. The van der Waals surface area contributed by atoms with Crippen molar-refractivity contribution in [3.63, 3.8) is 0 Å². The zero-order valence-corrected chi connectivity index (χ0v) is 12.4. The number of hydrogen-bond acceptors (Lipinski definition) is 5. The van der Waals surface area contributed by atoms with Gasteiger partial charge in [0, 0.05) is 43.6 Å². The average molecular weight is 300 g/mol. The molecule has 2 saturated heterocycles. The second-order valence-electron chi connectivity index (χ2n) is 5.93. The number of likely N-dealkylation sites (tertiary alicyclic amines) is 1. The molecule has 4 heterocycles. The van der Waals surface area contributed by atoms with Gasteiger partial charge in [0.2, 0.25) is 5.88 Å². The van der Waals surface area contributed by atoms with Crippen LogP contribution in [0.3, 0.4) is 0 Å². The normalized spacial score (nSPS) is 28.5. The third kappa shape index (κ3) is 2.74. The van der Waals surface area contributed by atoms with E-state index in [-0.39, 0.29) is 12.2 Å². The molecule has 0 aliphatic carbocycles. The van der Waals surface area contributed by atoms with Crippen molar-refractivity contribution in [2.75, 3.05) is 13.2 Å². The van der Waals surface area contributed by atoms with E-state index in [0.29, 0.717) is 11.9 Å². The Bertz CT molecular complexity index is 587. The van der Waals surface area contributed by atoms with Crippen molar-refractivity contribution >= 4 is 0 Å². The summed E-state index contributed by atoms with van der Waals surface area (Å²) < 4.78 is 17.3.